The lowest BCUT2D eigenvalue weighted by Gasteiger charge is -2.21. The Morgan fingerprint density at radius 2 is 1.50 bits per heavy atom. The molecule has 0 aromatic heterocycles. The van der Waals surface area contributed by atoms with Crippen LogP contribution in [-0.4, -0.2) is 13.1 Å². The molecule has 2 heteroatoms. The van der Waals surface area contributed by atoms with Gasteiger partial charge in [0, 0.05) is 30.2 Å². The summed E-state index contributed by atoms with van der Waals surface area (Å²) in [6.07, 6.45) is 0. The molecule has 0 saturated carbocycles. The molecule has 0 unspecified atom stereocenters. The van der Waals surface area contributed by atoms with Gasteiger partial charge in [-0.05, 0) is 44.2 Å². The summed E-state index contributed by atoms with van der Waals surface area (Å²) in [4.78, 5) is 2.34. The van der Waals surface area contributed by atoms with E-state index in [0.717, 1.165) is 24.5 Å². The number of nitrogens with zero attached hydrogens (tertiary/aromatic N) is 1. The highest BCUT2D eigenvalue weighted by Crippen LogP contribution is 2.22. The van der Waals surface area contributed by atoms with E-state index < -0.39 is 0 Å². The van der Waals surface area contributed by atoms with Crippen LogP contribution in [0.2, 0.25) is 0 Å². The lowest BCUT2D eigenvalue weighted by atomic mass is 10.2. The molecular formula is C16H20N2. The van der Waals surface area contributed by atoms with E-state index >= 15 is 0 Å². The van der Waals surface area contributed by atoms with Gasteiger partial charge in [0.1, 0.15) is 0 Å². The summed E-state index contributed by atoms with van der Waals surface area (Å²) >= 11 is 0. The first kappa shape index (κ1) is 12.5. The maximum absolute atomic E-state index is 3.42. The highest BCUT2D eigenvalue weighted by Gasteiger charge is 2.02. The molecule has 0 fully saturated rings. The van der Waals surface area contributed by atoms with Gasteiger partial charge in [-0.1, -0.05) is 24.3 Å². The van der Waals surface area contributed by atoms with E-state index in [1.807, 2.05) is 18.2 Å². The summed E-state index contributed by atoms with van der Waals surface area (Å²) < 4.78 is 0. The first-order valence-electron chi connectivity index (χ1n) is 6.50. The van der Waals surface area contributed by atoms with Gasteiger partial charge in [0.05, 0.1) is 0 Å². The van der Waals surface area contributed by atoms with Crippen molar-refractivity contribution < 1.29 is 0 Å². The van der Waals surface area contributed by atoms with Crippen LogP contribution in [-0.2, 0) is 0 Å². The second-order valence-electron chi connectivity index (χ2n) is 4.21. The van der Waals surface area contributed by atoms with Gasteiger partial charge in [0.25, 0.3) is 0 Å². The topological polar surface area (TPSA) is 15.3 Å². The molecule has 0 aliphatic carbocycles. The first-order valence-corrected chi connectivity index (χ1v) is 6.50. The summed E-state index contributed by atoms with van der Waals surface area (Å²) in [6.45, 7) is 6.43. The predicted molar refractivity (Wildman–Crippen MR) is 79.7 cm³/mol. The number of hydrogen-bond donors (Lipinski definition) is 1. The SMILES string of the molecule is CCN(CC)c1cccc(Nc2ccccc2)c1. The van der Waals surface area contributed by atoms with Crippen molar-refractivity contribution >= 4 is 17.1 Å². The molecule has 0 heterocycles. The Kier molecular flexibility index (Phi) is 4.24. The number of nitrogens with one attached hydrogen (secondary N) is 1. The molecule has 0 saturated heterocycles. The summed E-state index contributed by atoms with van der Waals surface area (Å²) in [5.41, 5.74) is 3.51. The standard InChI is InChI=1S/C16H20N2/c1-3-18(4-2)16-12-8-11-15(13-16)17-14-9-6-5-7-10-14/h5-13,17H,3-4H2,1-2H3. The molecular weight excluding hydrogens is 220 g/mol. The van der Waals surface area contributed by atoms with Crippen LogP contribution in [0.1, 0.15) is 13.8 Å². The van der Waals surface area contributed by atoms with Gasteiger partial charge in [-0.25, -0.2) is 0 Å². The molecule has 2 aromatic rings. The van der Waals surface area contributed by atoms with Gasteiger partial charge in [-0.3, -0.25) is 0 Å². The highest BCUT2D eigenvalue weighted by atomic mass is 15.1. The van der Waals surface area contributed by atoms with Gasteiger partial charge >= 0.3 is 0 Å². The monoisotopic (exact) mass is 240 g/mol. The Balaban J connectivity index is 2.17. The third-order valence-electron chi connectivity index (χ3n) is 3.04. The van der Waals surface area contributed by atoms with E-state index in [0.29, 0.717) is 0 Å². The van der Waals surface area contributed by atoms with Crippen LogP contribution < -0.4 is 10.2 Å². The van der Waals surface area contributed by atoms with Crippen LogP contribution in [0.15, 0.2) is 54.6 Å². The van der Waals surface area contributed by atoms with Crippen LogP contribution in [0.5, 0.6) is 0 Å². The Hall–Kier alpha value is -1.96. The quantitative estimate of drug-likeness (QED) is 0.839. The number of rotatable bonds is 5. The van der Waals surface area contributed by atoms with Gasteiger partial charge in [-0.15, -0.1) is 0 Å². The average Bonchev–Trinajstić information content (AvgIpc) is 2.42. The fourth-order valence-corrected chi connectivity index (χ4v) is 2.06. The number of benzene rings is 2. The van der Waals surface area contributed by atoms with Gasteiger partial charge in [0.15, 0.2) is 0 Å². The molecule has 1 N–H and O–H groups in total. The zero-order valence-electron chi connectivity index (χ0n) is 11.1. The summed E-state index contributed by atoms with van der Waals surface area (Å²) in [5, 5.41) is 3.42. The molecule has 94 valence electrons. The number of hydrogen-bond acceptors (Lipinski definition) is 2. The second kappa shape index (κ2) is 6.10. The summed E-state index contributed by atoms with van der Waals surface area (Å²) in [6, 6.07) is 18.8. The Bertz CT molecular complexity index is 475. The molecule has 0 atom stereocenters. The summed E-state index contributed by atoms with van der Waals surface area (Å²) in [7, 11) is 0. The van der Waals surface area contributed by atoms with Crippen molar-refractivity contribution in [1.82, 2.24) is 0 Å². The molecule has 2 rings (SSSR count). The summed E-state index contributed by atoms with van der Waals surface area (Å²) in [5.74, 6) is 0. The van der Waals surface area contributed by atoms with Crippen molar-refractivity contribution in [3.8, 4) is 0 Å². The van der Waals surface area contributed by atoms with Crippen LogP contribution in [0, 0.1) is 0 Å². The molecule has 0 spiro atoms. The van der Waals surface area contributed by atoms with Crippen molar-refractivity contribution in [2.75, 3.05) is 23.3 Å². The highest BCUT2D eigenvalue weighted by molar-refractivity contribution is 5.65. The van der Waals surface area contributed by atoms with Gasteiger partial charge < -0.3 is 10.2 Å². The maximum atomic E-state index is 3.42. The van der Waals surface area contributed by atoms with Crippen molar-refractivity contribution in [2.45, 2.75) is 13.8 Å². The smallest absolute Gasteiger partial charge is 0.0405 e. The van der Waals surface area contributed by atoms with Crippen molar-refractivity contribution in [1.29, 1.82) is 0 Å². The maximum Gasteiger partial charge on any atom is 0.0405 e. The van der Waals surface area contributed by atoms with Crippen molar-refractivity contribution in [2.24, 2.45) is 0 Å². The minimum atomic E-state index is 1.03. The number of para-hydroxylation sites is 1. The van der Waals surface area contributed by atoms with Gasteiger partial charge in [-0.2, -0.15) is 0 Å². The minimum absolute atomic E-state index is 1.03. The van der Waals surface area contributed by atoms with E-state index in [-0.39, 0.29) is 0 Å². The van der Waals surface area contributed by atoms with Crippen molar-refractivity contribution in [3.63, 3.8) is 0 Å². The van der Waals surface area contributed by atoms with E-state index in [4.69, 9.17) is 0 Å². The lowest BCUT2D eigenvalue weighted by molar-refractivity contribution is 0.866. The van der Waals surface area contributed by atoms with Gasteiger partial charge in [0.2, 0.25) is 0 Å². The lowest BCUT2D eigenvalue weighted by Crippen LogP contribution is -2.21. The molecule has 0 bridgehead atoms. The zero-order chi connectivity index (χ0) is 12.8. The molecule has 18 heavy (non-hydrogen) atoms. The molecule has 0 amide bonds. The largest absolute Gasteiger partial charge is 0.372 e. The Morgan fingerprint density at radius 3 is 2.17 bits per heavy atom. The number of anilines is 3. The second-order valence-corrected chi connectivity index (χ2v) is 4.21. The minimum Gasteiger partial charge on any atom is -0.372 e. The van der Waals surface area contributed by atoms with Crippen LogP contribution >= 0.6 is 0 Å². The molecule has 0 radical (unpaired) electrons. The third-order valence-corrected chi connectivity index (χ3v) is 3.04. The fourth-order valence-electron chi connectivity index (χ4n) is 2.06. The fraction of sp³-hybridized carbons (Fsp3) is 0.250. The van der Waals surface area contributed by atoms with Crippen molar-refractivity contribution in [3.05, 3.63) is 54.6 Å². The molecule has 0 aliphatic rings. The van der Waals surface area contributed by atoms with E-state index in [9.17, 15) is 0 Å². The normalized spacial score (nSPS) is 10.1. The van der Waals surface area contributed by atoms with Crippen LogP contribution in [0.4, 0.5) is 17.1 Å². The average molecular weight is 240 g/mol. The zero-order valence-corrected chi connectivity index (χ0v) is 11.1. The van der Waals surface area contributed by atoms with E-state index in [1.54, 1.807) is 0 Å². The van der Waals surface area contributed by atoms with E-state index in [2.05, 4.69) is 60.5 Å². The molecule has 2 nitrogen and oxygen atoms in total. The molecule has 0 aliphatic heterocycles. The molecule has 2 aromatic carbocycles. The van der Waals surface area contributed by atoms with Crippen LogP contribution in [0.3, 0.4) is 0 Å². The predicted octanol–water partition coefficient (Wildman–Crippen LogP) is 4.28. The Morgan fingerprint density at radius 1 is 0.833 bits per heavy atom. The van der Waals surface area contributed by atoms with Crippen LogP contribution in [0.25, 0.3) is 0 Å². The first-order chi connectivity index (χ1) is 8.83. The Labute approximate surface area is 109 Å². The van der Waals surface area contributed by atoms with E-state index in [1.165, 1.54) is 5.69 Å². The third kappa shape index (κ3) is 3.04.